The number of thiophene rings is 1. The average molecular weight is 292 g/mol. The molecule has 0 radical (unpaired) electrons. The number of hydrogen-bond acceptors (Lipinski definition) is 4. The van der Waals surface area contributed by atoms with Crippen molar-refractivity contribution in [2.75, 3.05) is 7.05 Å². The van der Waals surface area contributed by atoms with Gasteiger partial charge >= 0.3 is 0 Å². The predicted molar refractivity (Wildman–Crippen MR) is 78.7 cm³/mol. The van der Waals surface area contributed by atoms with Crippen LogP contribution in [0, 0.1) is 0 Å². The third-order valence-electron chi connectivity index (χ3n) is 4.28. The second-order valence-electron chi connectivity index (χ2n) is 5.74. The second-order valence-corrected chi connectivity index (χ2v) is 6.91. The molecule has 0 aromatic carbocycles. The highest BCUT2D eigenvalue weighted by Crippen LogP contribution is 2.33. The first kappa shape index (κ1) is 13.8. The Balaban J connectivity index is 1.70. The number of fused-ring (bicyclic) bond motifs is 1. The number of hydrogen-bond donors (Lipinski definition) is 1. The summed E-state index contributed by atoms with van der Waals surface area (Å²) in [5.74, 6) is -0.201. The lowest BCUT2D eigenvalue weighted by Gasteiger charge is -2.16. The van der Waals surface area contributed by atoms with Crippen LogP contribution in [0.4, 0.5) is 0 Å². The molecule has 1 N–H and O–H groups in total. The minimum Gasteiger partial charge on any atom is -0.298 e. The average Bonchev–Trinajstić information content (AvgIpc) is 2.97. The van der Waals surface area contributed by atoms with Crippen molar-refractivity contribution in [3.05, 3.63) is 21.4 Å². The molecule has 20 heavy (non-hydrogen) atoms. The number of carbonyl (C=O) groups excluding carboxylic acids is 2. The maximum atomic E-state index is 11.9. The molecule has 1 aromatic rings. The van der Waals surface area contributed by atoms with Crippen LogP contribution in [0.15, 0.2) is 6.07 Å². The van der Waals surface area contributed by atoms with Gasteiger partial charge in [0.2, 0.25) is 11.8 Å². The maximum Gasteiger partial charge on any atom is 0.246 e. The van der Waals surface area contributed by atoms with Crippen LogP contribution >= 0.6 is 11.3 Å². The molecule has 0 bridgehead atoms. The van der Waals surface area contributed by atoms with Gasteiger partial charge in [-0.3, -0.25) is 19.8 Å². The maximum absolute atomic E-state index is 11.9. The molecular weight excluding hydrogens is 272 g/mol. The summed E-state index contributed by atoms with van der Waals surface area (Å²) >= 11 is 1.86. The highest BCUT2D eigenvalue weighted by atomic mass is 32.1. The molecule has 1 saturated heterocycles. The van der Waals surface area contributed by atoms with Crippen molar-refractivity contribution in [1.82, 2.24) is 10.2 Å². The summed E-state index contributed by atoms with van der Waals surface area (Å²) < 4.78 is 0. The number of nitrogens with zero attached hydrogens (tertiary/aromatic N) is 1. The molecule has 2 heterocycles. The SMILES string of the molecule is CC(NC1CC(=O)N(C)C1=O)c1cc2c(s1)CCCC2. The van der Waals surface area contributed by atoms with E-state index in [4.69, 9.17) is 0 Å². The van der Waals surface area contributed by atoms with Crippen LogP contribution in [0.25, 0.3) is 0 Å². The number of likely N-dealkylation sites (tertiary alicyclic amines) is 1. The molecule has 2 aliphatic rings. The Labute approximate surface area is 123 Å². The van der Waals surface area contributed by atoms with Crippen molar-refractivity contribution < 1.29 is 9.59 Å². The standard InChI is InChI=1S/C15H20N2O2S/c1-9(16-11-8-14(18)17(2)15(11)19)13-7-10-5-3-4-6-12(10)20-13/h7,9,11,16H,3-6,8H2,1-2H3. The molecule has 1 fully saturated rings. The highest BCUT2D eigenvalue weighted by Gasteiger charge is 2.36. The molecule has 0 spiro atoms. The van der Waals surface area contributed by atoms with Crippen LogP contribution in [-0.4, -0.2) is 29.8 Å². The molecule has 1 aromatic heterocycles. The van der Waals surface area contributed by atoms with Crippen molar-refractivity contribution in [2.45, 2.75) is 51.1 Å². The van der Waals surface area contributed by atoms with Crippen molar-refractivity contribution in [1.29, 1.82) is 0 Å². The van der Waals surface area contributed by atoms with E-state index in [1.807, 2.05) is 11.3 Å². The van der Waals surface area contributed by atoms with E-state index in [-0.39, 0.29) is 30.3 Å². The van der Waals surface area contributed by atoms with Gasteiger partial charge in [0.25, 0.3) is 0 Å². The lowest BCUT2D eigenvalue weighted by molar-refractivity contribution is -0.137. The molecule has 1 aliphatic heterocycles. The fourth-order valence-electron chi connectivity index (χ4n) is 3.00. The van der Waals surface area contributed by atoms with E-state index in [0.29, 0.717) is 0 Å². The van der Waals surface area contributed by atoms with Crippen LogP contribution in [0.5, 0.6) is 0 Å². The summed E-state index contributed by atoms with van der Waals surface area (Å²) in [5.41, 5.74) is 1.48. The number of rotatable bonds is 3. The van der Waals surface area contributed by atoms with Crippen LogP contribution in [0.3, 0.4) is 0 Å². The minimum atomic E-state index is -0.360. The number of likely N-dealkylation sites (N-methyl/N-ethyl adjacent to an activating group) is 1. The number of aryl methyl sites for hydroxylation is 2. The summed E-state index contributed by atoms with van der Waals surface area (Å²) in [6, 6.07) is 2.04. The Kier molecular flexibility index (Phi) is 3.65. The lowest BCUT2D eigenvalue weighted by atomic mass is 9.99. The number of imide groups is 1. The molecule has 4 nitrogen and oxygen atoms in total. The molecular formula is C15H20N2O2S. The number of carbonyl (C=O) groups is 2. The molecule has 108 valence electrons. The second kappa shape index (κ2) is 5.30. The Bertz CT molecular complexity index is 529. The Hall–Kier alpha value is -1.20. The van der Waals surface area contributed by atoms with Gasteiger partial charge in [-0.05, 0) is 44.2 Å². The molecule has 2 atom stereocenters. The zero-order valence-electron chi connectivity index (χ0n) is 11.9. The summed E-state index contributed by atoms with van der Waals surface area (Å²) in [6.07, 6.45) is 5.23. The van der Waals surface area contributed by atoms with Gasteiger partial charge in [-0.1, -0.05) is 0 Å². The third-order valence-corrected chi connectivity index (χ3v) is 5.69. The number of nitrogens with one attached hydrogen (secondary N) is 1. The monoisotopic (exact) mass is 292 g/mol. The van der Waals surface area contributed by atoms with Crippen LogP contribution in [0.2, 0.25) is 0 Å². The summed E-state index contributed by atoms with van der Waals surface area (Å²) in [5, 5.41) is 3.31. The van der Waals surface area contributed by atoms with Gasteiger partial charge in [0, 0.05) is 22.8 Å². The Morgan fingerprint density at radius 3 is 2.75 bits per heavy atom. The van der Waals surface area contributed by atoms with Crippen molar-refractivity contribution in [3.8, 4) is 0 Å². The third kappa shape index (κ3) is 2.40. The Morgan fingerprint density at radius 1 is 1.35 bits per heavy atom. The van der Waals surface area contributed by atoms with E-state index in [0.717, 1.165) is 0 Å². The van der Waals surface area contributed by atoms with E-state index in [1.165, 1.54) is 45.9 Å². The van der Waals surface area contributed by atoms with E-state index >= 15 is 0 Å². The van der Waals surface area contributed by atoms with Gasteiger partial charge in [-0.25, -0.2) is 0 Å². The van der Waals surface area contributed by atoms with Gasteiger partial charge < -0.3 is 0 Å². The van der Waals surface area contributed by atoms with Gasteiger partial charge in [0.15, 0.2) is 0 Å². The Morgan fingerprint density at radius 2 is 2.10 bits per heavy atom. The fourth-order valence-corrected chi connectivity index (χ4v) is 4.27. The summed E-state index contributed by atoms with van der Waals surface area (Å²) in [7, 11) is 1.56. The van der Waals surface area contributed by atoms with Gasteiger partial charge in [-0.15, -0.1) is 11.3 Å². The van der Waals surface area contributed by atoms with Crippen LogP contribution in [0.1, 0.15) is 47.5 Å². The van der Waals surface area contributed by atoms with E-state index < -0.39 is 0 Å². The first-order valence-corrected chi connectivity index (χ1v) is 8.06. The van der Waals surface area contributed by atoms with Gasteiger partial charge in [-0.2, -0.15) is 0 Å². The smallest absolute Gasteiger partial charge is 0.246 e. The first-order valence-electron chi connectivity index (χ1n) is 7.24. The summed E-state index contributed by atoms with van der Waals surface area (Å²) in [4.78, 5) is 27.5. The predicted octanol–water partition coefficient (Wildman–Crippen LogP) is 2.03. The van der Waals surface area contributed by atoms with Crippen molar-refractivity contribution >= 4 is 23.2 Å². The quantitative estimate of drug-likeness (QED) is 0.867. The summed E-state index contributed by atoms with van der Waals surface area (Å²) in [6.45, 7) is 2.08. The molecule has 3 rings (SSSR count). The highest BCUT2D eigenvalue weighted by molar-refractivity contribution is 7.12. The minimum absolute atomic E-state index is 0.0924. The first-order chi connectivity index (χ1) is 9.56. The molecule has 2 amide bonds. The normalized spacial score (nSPS) is 24.1. The zero-order valence-corrected chi connectivity index (χ0v) is 12.8. The number of amides is 2. The van der Waals surface area contributed by atoms with Crippen molar-refractivity contribution in [3.63, 3.8) is 0 Å². The van der Waals surface area contributed by atoms with Gasteiger partial charge in [0.05, 0.1) is 12.5 Å². The zero-order chi connectivity index (χ0) is 14.3. The van der Waals surface area contributed by atoms with E-state index in [1.54, 1.807) is 7.05 Å². The molecule has 5 heteroatoms. The van der Waals surface area contributed by atoms with Crippen molar-refractivity contribution in [2.24, 2.45) is 0 Å². The molecule has 2 unspecified atom stereocenters. The lowest BCUT2D eigenvalue weighted by Crippen LogP contribution is -2.38. The van der Waals surface area contributed by atoms with E-state index in [2.05, 4.69) is 18.3 Å². The molecule has 0 saturated carbocycles. The van der Waals surface area contributed by atoms with Crippen LogP contribution < -0.4 is 5.32 Å². The largest absolute Gasteiger partial charge is 0.298 e. The van der Waals surface area contributed by atoms with E-state index in [9.17, 15) is 9.59 Å². The molecule has 1 aliphatic carbocycles. The fraction of sp³-hybridized carbons (Fsp3) is 0.600. The topological polar surface area (TPSA) is 49.4 Å². The van der Waals surface area contributed by atoms with Gasteiger partial charge in [0.1, 0.15) is 0 Å². The van der Waals surface area contributed by atoms with Crippen LogP contribution in [-0.2, 0) is 22.4 Å².